The predicted octanol–water partition coefficient (Wildman–Crippen LogP) is 4.02. The van der Waals surface area contributed by atoms with Crippen molar-refractivity contribution in [3.63, 3.8) is 0 Å². The van der Waals surface area contributed by atoms with Crippen LogP contribution in [0.1, 0.15) is 58.1 Å². The van der Waals surface area contributed by atoms with E-state index in [2.05, 4.69) is 69.1 Å². The number of hydrogen-bond donors (Lipinski definition) is 1. The number of nitrogens with one attached hydrogen (secondary N) is 1. The van der Waals surface area contributed by atoms with Crippen LogP contribution in [-0.2, 0) is 6.54 Å². The smallest absolute Gasteiger partial charge is 0.0237 e. The molecule has 0 amide bonds. The molecule has 2 unspecified atom stereocenters. The van der Waals surface area contributed by atoms with Crippen LogP contribution in [0.2, 0.25) is 0 Å². The highest BCUT2D eigenvalue weighted by Gasteiger charge is 2.24. The Bertz CT molecular complexity index is 422. The topological polar surface area (TPSA) is 15.3 Å². The fourth-order valence-corrected chi connectivity index (χ4v) is 3.07. The van der Waals surface area contributed by atoms with Gasteiger partial charge in [0.15, 0.2) is 0 Å². The van der Waals surface area contributed by atoms with Crippen LogP contribution < -0.4 is 5.32 Å². The van der Waals surface area contributed by atoms with E-state index in [9.17, 15) is 0 Å². The third-order valence-electron chi connectivity index (χ3n) is 4.86. The average molecular weight is 288 g/mol. The Labute approximate surface area is 130 Å². The van der Waals surface area contributed by atoms with E-state index >= 15 is 0 Å². The van der Waals surface area contributed by atoms with Crippen molar-refractivity contribution in [2.45, 2.75) is 65.6 Å². The van der Waals surface area contributed by atoms with E-state index in [0.29, 0.717) is 23.9 Å². The summed E-state index contributed by atoms with van der Waals surface area (Å²) in [6.45, 7) is 14.9. The molecule has 0 bridgehead atoms. The van der Waals surface area contributed by atoms with Crippen LogP contribution in [0, 0.1) is 5.92 Å². The molecule has 0 aliphatic carbocycles. The summed E-state index contributed by atoms with van der Waals surface area (Å²) in [6.07, 6.45) is 1.24. The Morgan fingerprint density at radius 1 is 1.14 bits per heavy atom. The molecule has 1 N–H and O–H groups in total. The molecule has 1 fully saturated rings. The molecule has 2 nitrogen and oxygen atoms in total. The van der Waals surface area contributed by atoms with Gasteiger partial charge in [-0.1, -0.05) is 52.0 Å². The zero-order valence-corrected chi connectivity index (χ0v) is 14.4. The number of hydrogen-bond acceptors (Lipinski definition) is 2. The highest BCUT2D eigenvalue weighted by molar-refractivity contribution is 5.24. The summed E-state index contributed by atoms with van der Waals surface area (Å²) in [4.78, 5) is 2.65. The van der Waals surface area contributed by atoms with Gasteiger partial charge in [-0.2, -0.15) is 0 Å². The SMILES string of the molecule is CC(C)c1ccc(CN2CC(C(C)C)NCCC2C)cc1. The van der Waals surface area contributed by atoms with E-state index in [0.717, 1.165) is 19.6 Å². The van der Waals surface area contributed by atoms with Gasteiger partial charge in [-0.3, -0.25) is 4.90 Å². The zero-order valence-electron chi connectivity index (χ0n) is 14.4. The van der Waals surface area contributed by atoms with E-state index in [4.69, 9.17) is 0 Å². The molecular formula is C19H32N2. The summed E-state index contributed by atoms with van der Waals surface area (Å²) in [6, 6.07) is 10.5. The standard InChI is InChI=1S/C19H32N2/c1-14(2)18-8-6-17(7-9-18)12-21-13-19(15(3)4)20-11-10-16(21)5/h6-9,14-16,19-20H,10-13H2,1-5H3. The molecular weight excluding hydrogens is 256 g/mol. The van der Waals surface area contributed by atoms with Crippen molar-refractivity contribution >= 4 is 0 Å². The fourth-order valence-electron chi connectivity index (χ4n) is 3.07. The molecule has 0 saturated carbocycles. The van der Waals surface area contributed by atoms with Crippen molar-refractivity contribution in [3.8, 4) is 0 Å². The van der Waals surface area contributed by atoms with Crippen molar-refractivity contribution in [2.75, 3.05) is 13.1 Å². The molecule has 118 valence electrons. The average Bonchev–Trinajstić information content (AvgIpc) is 2.62. The van der Waals surface area contributed by atoms with Gasteiger partial charge < -0.3 is 5.32 Å². The molecule has 1 aromatic rings. The van der Waals surface area contributed by atoms with Gasteiger partial charge in [-0.25, -0.2) is 0 Å². The summed E-state index contributed by atoms with van der Waals surface area (Å²) < 4.78 is 0. The minimum Gasteiger partial charge on any atom is -0.312 e. The highest BCUT2D eigenvalue weighted by Crippen LogP contribution is 2.19. The minimum atomic E-state index is 0.616. The molecule has 1 aliphatic rings. The van der Waals surface area contributed by atoms with Crippen molar-refractivity contribution in [2.24, 2.45) is 5.92 Å². The van der Waals surface area contributed by atoms with Crippen LogP contribution in [0.15, 0.2) is 24.3 Å². The minimum absolute atomic E-state index is 0.616. The predicted molar refractivity (Wildman–Crippen MR) is 91.6 cm³/mol. The van der Waals surface area contributed by atoms with E-state index in [1.807, 2.05) is 0 Å². The van der Waals surface area contributed by atoms with Crippen molar-refractivity contribution in [1.82, 2.24) is 10.2 Å². The Balaban J connectivity index is 2.04. The molecule has 2 atom stereocenters. The zero-order chi connectivity index (χ0) is 15.4. The second-order valence-electron chi connectivity index (χ2n) is 7.27. The lowest BCUT2D eigenvalue weighted by atomic mass is 10.0. The Hall–Kier alpha value is -0.860. The first-order valence-electron chi connectivity index (χ1n) is 8.53. The van der Waals surface area contributed by atoms with E-state index < -0.39 is 0 Å². The van der Waals surface area contributed by atoms with Gasteiger partial charge >= 0.3 is 0 Å². The first-order chi connectivity index (χ1) is 9.97. The Kier molecular flexibility index (Phi) is 5.83. The molecule has 2 heteroatoms. The molecule has 2 rings (SSSR count). The Morgan fingerprint density at radius 2 is 1.81 bits per heavy atom. The van der Waals surface area contributed by atoms with Gasteiger partial charge in [-0.05, 0) is 42.9 Å². The second kappa shape index (κ2) is 7.42. The largest absolute Gasteiger partial charge is 0.312 e. The van der Waals surface area contributed by atoms with Crippen molar-refractivity contribution in [1.29, 1.82) is 0 Å². The van der Waals surface area contributed by atoms with E-state index in [-0.39, 0.29) is 0 Å². The highest BCUT2D eigenvalue weighted by atomic mass is 15.2. The van der Waals surface area contributed by atoms with Gasteiger partial charge in [0.05, 0.1) is 0 Å². The van der Waals surface area contributed by atoms with Crippen LogP contribution in [0.4, 0.5) is 0 Å². The van der Waals surface area contributed by atoms with Crippen LogP contribution in [0.3, 0.4) is 0 Å². The molecule has 0 radical (unpaired) electrons. The lowest BCUT2D eigenvalue weighted by Gasteiger charge is -2.30. The van der Waals surface area contributed by atoms with Crippen molar-refractivity contribution in [3.05, 3.63) is 35.4 Å². The summed E-state index contributed by atoms with van der Waals surface area (Å²) in [5.41, 5.74) is 2.88. The van der Waals surface area contributed by atoms with Gasteiger partial charge in [0.1, 0.15) is 0 Å². The van der Waals surface area contributed by atoms with Gasteiger partial charge in [0, 0.05) is 25.2 Å². The number of benzene rings is 1. The van der Waals surface area contributed by atoms with Gasteiger partial charge in [0.25, 0.3) is 0 Å². The molecule has 21 heavy (non-hydrogen) atoms. The molecule has 1 aromatic carbocycles. The second-order valence-corrected chi connectivity index (χ2v) is 7.27. The lowest BCUT2D eigenvalue weighted by molar-refractivity contribution is 0.184. The summed E-state index contributed by atoms with van der Waals surface area (Å²) >= 11 is 0. The van der Waals surface area contributed by atoms with Gasteiger partial charge in [0.2, 0.25) is 0 Å². The first-order valence-corrected chi connectivity index (χ1v) is 8.53. The summed E-state index contributed by atoms with van der Waals surface area (Å²) in [5.74, 6) is 1.31. The third kappa shape index (κ3) is 4.55. The van der Waals surface area contributed by atoms with Crippen LogP contribution in [0.25, 0.3) is 0 Å². The molecule has 0 spiro atoms. The quantitative estimate of drug-likeness (QED) is 0.900. The number of rotatable bonds is 4. The normalized spacial score (nSPS) is 24.5. The first kappa shape index (κ1) is 16.5. The molecule has 0 aromatic heterocycles. The monoisotopic (exact) mass is 288 g/mol. The molecule has 1 heterocycles. The maximum Gasteiger partial charge on any atom is 0.0237 e. The lowest BCUT2D eigenvalue weighted by Crippen LogP contribution is -2.42. The van der Waals surface area contributed by atoms with E-state index in [1.165, 1.54) is 17.5 Å². The van der Waals surface area contributed by atoms with Crippen LogP contribution in [-0.4, -0.2) is 30.1 Å². The third-order valence-corrected chi connectivity index (χ3v) is 4.86. The Morgan fingerprint density at radius 3 is 2.38 bits per heavy atom. The van der Waals surface area contributed by atoms with Crippen LogP contribution in [0.5, 0.6) is 0 Å². The van der Waals surface area contributed by atoms with Crippen molar-refractivity contribution < 1.29 is 0 Å². The maximum absolute atomic E-state index is 3.71. The molecule has 1 aliphatic heterocycles. The summed E-state index contributed by atoms with van der Waals surface area (Å²) in [7, 11) is 0. The molecule has 1 saturated heterocycles. The fraction of sp³-hybridized carbons (Fsp3) is 0.684. The van der Waals surface area contributed by atoms with Crippen LogP contribution >= 0.6 is 0 Å². The van der Waals surface area contributed by atoms with Gasteiger partial charge in [-0.15, -0.1) is 0 Å². The summed E-state index contributed by atoms with van der Waals surface area (Å²) in [5, 5.41) is 3.71. The maximum atomic E-state index is 3.71. The number of nitrogens with zero attached hydrogens (tertiary/aromatic N) is 1. The van der Waals surface area contributed by atoms with E-state index in [1.54, 1.807) is 0 Å².